The fourth-order valence-corrected chi connectivity index (χ4v) is 2.02. The van der Waals surface area contributed by atoms with Crippen molar-refractivity contribution in [2.24, 2.45) is 5.41 Å². The first-order valence-electron chi connectivity index (χ1n) is 5.23. The highest BCUT2D eigenvalue weighted by Crippen LogP contribution is 2.44. The summed E-state index contributed by atoms with van der Waals surface area (Å²) in [5.74, 6) is -0.0978. The van der Waals surface area contributed by atoms with E-state index in [2.05, 4.69) is 28.2 Å². The standard InChI is InChI=1S/C12H13BrClNO/c1-12(4-5-12)7-15-11(16)9-6-8(13)2-3-10(9)14/h2-3,6H,4-5,7H2,1H3,(H,15,16). The Morgan fingerprint density at radius 2 is 2.25 bits per heavy atom. The monoisotopic (exact) mass is 301 g/mol. The van der Waals surface area contributed by atoms with Crippen molar-refractivity contribution in [3.05, 3.63) is 33.3 Å². The second-order valence-electron chi connectivity index (χ2n) is 4.62. The first-order chi connectivity index (χ1) is 7.50. The molecule has 1 aliphatic carbocycles. The van der Waals surface area contributed by atoms with Crippen LogP contribution in [-0.4, -0.2) is 12.5 Å². The summed E-state index contributed by atoms with van der Waals surface area (Å²) in [6.45, 7) is 2.91. The highest BCUT2D eigenvalue weighted by Gasteiger charge is 2.37. The van der Waals surface area contributed by atoms with Gasteiger partial charge in [-0.3, -0.25) is 4.79 Å². The molecule has 0 aromatic heterocycles. The number of halogens is 2. The fraction of sp³-hybridized carbons (Fsp3) is 0.417. The maximum absolute atomic E-state index is 11.9. The Kier molecular flexibility index (Phi) is 3.27. The van der Waals surface area contributed by atoms with Crippen LogP contribution in [0.4, 0.5) is 0 Å². The molecule has 1 saturated carbocycles. The van der Waals surface area contributed by atoms with Gasteiger partial charge in [-0.25, -0.2) is 0 Å². The number of nitrogens with one attached hydrogen (secondary N) is 1. The molecule has 2 nitrogen and oxygen atoms in total. The van der Waals surface area contributed by atoms with Crippen molar-refractivity contribution in [1.29, 1.82) is 0 Å². The Hall–Kier alpha value is -0.540. The summed E-state index contributed by atoms with van der Waals surface area (Å²) < 4.78 is 0.861. The van der Waals surface area contributed by atoms with Gasteiger partial charge in [0.05, 0.1) is 10.6 Å². The molecule has 0 bridgehead atoms. The van der Waals surface area contributed by atoms with E-state index < -0.39 is 0 Å². The first kappa shape index (κ1) is 11.9. The summed E-state index contributed by atoms with van der Waals surface area (Å²) in [4.78, 5) is 11.9. The van der Waals surface area contributed by atoms with Gasteiger partial charge >= 0.3 is 0 Å². The van der Waals surface area contributed by atoms with E-state index in [0.29, 0.717) is 16.0 Å². The molecule has 0 unspecified atom stereocenters. The second kappa shape index (κ2) is 4.38. The summed E-state index contributed by atoms with van der Waals surface area (Å²) in [6, 6.07) is 5.29. The van der Waals surface area contributed by atoms with Crippen LogP contribution in [-0.2, 0) is 0 Å². The minimum Gasteiger partial charge on any atom is -0.351 e. The van der Waals surface area contributed by atoms with Gasteiger partial charge in [-0.2, -0.15) is 0 Å². The molecule has 2 rings (SSSR count). The Morgan fingerprint density at radius 1 is 1.56 bits per heavy atom. The molecule has 16 heavy (non-hydrogen) atoms. The third-order valence-electron chi connectivity index (χ3n) is 2.95. The van der Waals surface area contributed by atoms with Gasteiger partial charge in [0, 0.05) is 11.0 Å². The summed E-state index contributed by atoms with van der Waals surface area (Å²) in [6.07, 6.45) is 2.39. The van der Waals surface area contributed by atoms with Gasteiger partial charge in [0.15, 0.2) is 0 Å². The van der Waals surface area contributed by atoms with Gasteiger partial charge in [0.25, 0.3) is 5.91 Å². The lowest BCUT2D eigenvalue weighted by Gasteiger charge is -2.11. The van der Waals surface area contributed by atoms with Gasteiger partial charge in [-0.1, -0.05) is 34.5 Å². The third-order valence-corrected chi connectivity index (χ3v) is 3.78. The average Bonchev–Trinajstić information content (AvgIpc) is 2.97. The molecule has 1 aromatic carbocycles. The number of benzene rings is 1. The van der Waals surface area contributed by atoms with E-state index in [-0.39, 0.29) is 5.91 Å². The quantitative estimate of drug-likeness (QED) is 0.907. The molecular weight excluding hydrogens is 289 g/mol. The number of hydrogen-bond acceptors (Lipinski definition) is 1. The summed E-state index contributed by atoms with van der Waals surface area (Å²) in [5.41, 5.74) is 0.842. The Morgan fingerprint density at radius 3 is 2.88 bits per heavy atom. The predicted octanol–water partition coefficient (Wildman–Crippen LogP) is 3.63. The van der Waals surface area contributed by atoms with Crippen molar-refractivity contribution in [2.75, 3.05) is 6.54 Å². The SMILES string of the molecule is CC1(CNC(=O)c2cc(Br)ccc2Cl)CC1. The van der Waals surface area contributed by atoms with Crippen LogP contribution in [0.1, 0.15) is 30.1 Å². The van der Waals surface area contributed by atoms with Crippen molar-refractivity contribution in [3.8, 4) is 0 Å². The molecule has 1 amide bonds. The van der Waals surface area contributed by atoms with E-state index in [9.17, 15) is 4.79 Å². The van der Waals surface area contributed by atoms with Crippen LogP contribution in [0.25, 0.3) is 0 Å². The molecule has 4 heteroatoms. The van der Waals surface area contributed by atoms with Crippen molar-refractivity contribution in [3.63, 3.8) is 0 Å². The minimum atomic E-state index is -0.0978. The third kappa shape index (κ3) is 2.77. The predicted molar refractivity (Wildman–Crippen MR) is 68.8 cm³/mol. The van der Waals surface area contributed by atoms with Crippen LogP contribution in [0, 0.1) is 5.41 Å². The van der Waals surface area contributed by atoms with Crippen molar-refractivity contribution in [1.82, 2.24) is 5.32 Å². The van der Waals surface area contributed by atoms with Crippen LogP contribution in [0.3, 0.4) is 0 Å². The number of amides is 1. The van der Waals surface area contributed by atoms with E-state index in [0.717, 1.165) is 11.0 Å². The van der Waals surface area contributed by atoms with E-state index in [1.54, 1.807) is 12.1 Å². The lowest BCUT2D eigenvalue weighted by atomic mass is 10.1. The maximum atomic E-state index is 11.9. The Balaban J connectivity index is 2.05. The molecular formula is C12H13BrClNO. The zero-order chi connectivity index (χ0) is 11.8. The molecule has 86 valence electrons. The zero-order valence-electron chi connectivity index (χ0n) is 9.02. The molecule has 1 N–H and O–H groups in total. The molecule has 1 aliphatic rings. The minimum absolute atomic E-state index is 0.0978. The van der Waals surface area contributed by atoms with Crippen LogP contribution in [0.2, 0.25) is 5.02 Å². The maximum Gasteiger partial charge on any atom is 0.252 e. The Bertz CT molecular complexity index is 429. The lowest BCUT2D eigenvalue weighted by molar-refractivity contribution is 0.0946. The number of carbonyl (C=O) groups excluding carboxylic acids is 1. The smallest absolute Gasteiger partial charge is 0.252 e. The molecule has 0 atom stereocenters. The van der Waals surface area contributed by atoms with Crippen LogP contribution in [0.5, 0.6) is 0 Å². The van der Waals surface area contributed by atoms with Crippen LogP contribution < -0.4 is 5.32 Å². The van der Waals surface area contributed by atoms with Gasteiger partial charge in [-0.15, -0.1) is 0 Å². The summed E-state index contributed by atoms with van der Waals surface area (Å²) >= 11 is 9.30. The van der Waals surface area contributed by atoms with E-state index in [4.69, 9.17) is 11.6 Å². The summed E-state index contributed by atoms with van der Waals surface area (Å²) in [7, 11) is 0. The van der Waals surface area contributed by atoms with Crippen molar-refractivity contribution in [2.45, 2.75) is 19.8 Å². The number of hydrogen-bond donors (Lipinski definition) is 1. The van der Waals surface area contributed by atoms with Gasteiger partial charge in [0.2, 0.25) is 0 Å². The van der Waals surface area contributed by atoms with Gasteiger partial charge in [0.1, 0.15) is 0 Å². The fourth-order valence-electron chi connectivity index (χ4n) is 1.45. The normalized spacial score (nSPS) is 16.9. The highest BCUT2D eigenvalue weighted by atomic mass is 79.9. The van der Waals surface area contributed by atoms with E-state index in [1.165, 1.54) is 12.8 Å². The second-order valence-corrected chi connectivity index (χ2v) is 5.94. The summed E-state index contributed by atoms with van der Waals surface area (Å²) in [5, 5.41) is 3.41. The molecule has 0 aliphatic heterocycles. The van der Waals surface area contributed by atoms with Crippen molar-refractivity contribution < 1.29 is 4.79 Å². The van der Waals surface area contributed by atoms with Gasteiger partial charge < -0.3 is 5.32 Å². The molecule has 1 fully saturated rings. The topological polar surface area (TPSA) is 29.1 Å². The zero-order valence-corrected chi connectivity index (χ0v) is 11.4. The largest absolute Gasteiger partial charge is 0.351 e. The van der Waals surface area contributed by atoms with Crippen LogP contribution >= 0.6 is 27.5 Å². The van der Waals surface area contributed by atoms with Crippen molar-refractivity contribution >= 4 is 33.4 Å². The number of carbonyl (C=O) groups is 1. The molecule has 0 heterocycles. The highest BCUT2D eigenvalue weighted by molar-refractivity contribution is 9.10. The average molecular weight is 303 g/mol. The Labute approximate surface area is 108 Å². The molecule has 0 saturated heterocycles. The van der Waals surface area contributed by atoms with Crippen LogP contribution in [0.15, 0.2) is 22.7 Å². The van der Waals surface area contributed by atoms with Gasteiger partial charge in [-0.05, 0) is 36.5 Å². The van der Waals surface area contributed by atoms with E-state index >= 15 is 0 Å². The molecule has 1 aromatic rings. The molecule has 0 spiro atoms. The number of rotatable bonds is 3. The lowest BCUT2D eigenvalue weighted by Crippen LogP contribution is -2.29. The first-order valence-corrected chi connectivity index (χ1v) is 6.41. The molecule has 0 radical (unpaired) electrons. The van der Waals surface area contributed by atoms with E-state index in [1.807, 2.05) is 6.07 Å².